The van der Waals surface area contributed by atoms with E-state index in [0.717, 1.165) is 22.5 Å². The van der Waals surface area contributed by atoms with Crippen LogP contribution in [0.5, 0.6) is 0 Å². The molecule has 0 radical (unpaired) electrons. The molecule has 4 aromatic rings. The summed E-state index contributed by atoms with van der Waals surface area (Å²) < 4.78 is 16.6. The molecule has 4 rings (SSSR count). The Hall–Kier alpha value is -3.55. The van der Waals surface area contributed by atoms with Crippen LogP contribution in [0.15, 0.2) is 48.8 Å². The smallest absolute Gasteiger partial charge is 0.272 e. The van der Waals surface area contributed by atoms with Crippen LogP contribution in [-0.4, -0.2) is 30.3 Å². The number of hydrogen-bond donors (Lipinski definition) is 1. The molecule has 1 N–H and O–H groups in total. The maximum atomic E-state index is 13.2. The van der Waals surface area contributed by atoms with Crippen LogP contribution in [0.1, 0.15) is 34.7 Å². The van der Waals surface area contributed by atoms with E-state index in [9.17, 15) is 9.18 Å². The van der Waals surface area contributed by atoms with Gasteiger partial charge in [-0.2, -0.15) is 10.2 Å². The van der Waals surface area contributed by atoms with Gasteiger partial charge in [0.15, 0.2) is 11.3 Å². The van der Waals surface area contributed by atoms with Crippen molar-refractivity contribution in [2.45, 2.75) is 19.9 Å². The first-order valence-corrected chi connectivity index (χ1v) is 8.84. The van der Waals surface area contributed by atoms with Crippen molar-refractivity contribution in [1.29, 1.82) is 0 Å². The molecule has 0 spiro atoms. The van der Waals surface area contributed by atoms with Crippen molar-refractivity contribution in [2.24, 2.45) is 7.05 Å². The highest BCUT2D eigenvalue weighted by molar-refractivity contribution is 5.93. The Kier molecular flexibility index (Phi) is 4.38. The average Bonchev–Trinajstić information content (AvgIpc) is 3.26. The van der Waals surface area contributed by atoms with E-state index in [-0.39, 0.29) is 23.5 Å². The molecule has 1 amide bonds. The second-order valence-corrected chi connectivity index (χ2v) is 6.64. The predicted molar refractivity (Wildman–Crippen MR) is 102 cm³/mol. The minimum Gasteiger partial charge on any atom is -0.344 e. The molecule has 1 aromatic carbocycles. The minimum atomic E-state index is -0.311. The molecule has 28 heavy (non-hydrogen) atoms. The number of aryl methyl sites for hydroxylation is 1. The van der Waals surface area contributed by atoms with Gasteiger partial charge in [-0.05, 0) is 44.2 Å². The summed E-state index contributed by atoms with van der Waals surface area (Å²) in [4.78, 5) is 17.0. The van der Waals surface area contributed by atoms with Gasteiger partial charge >= 0.3 is 0 Å². The van der Waals surface area contributed by atoms with Crippen molar-refractivity contribution in [2.75, 3.05) is 0 Å². The highest BCUT2D eigenvalue weighted by atomic mass is 19.1. The Morgan fingerprint density at radius 1 is 1.21 bits per heavy atom. The summed E-state index contributed by atoms with van der Waals surface area (Å²) in [6.07, 6.45) is 3.39. The highest BCUT2D eigenvalue weighted by Crippen LogP contribution is 2.21. The normalized spacial score (nSPS) is 12.3. The molecule has 0 aliphatic rings. The van der Waals surface area contributed by atoms with E-state index >= 15 is 0 Å². The Morgan fingerprint density at radius 2 is 1.96 bits per heavy atom. The summed E-state index contributed by atoms with van der Waals surface area (Å²) in [6, 6.07) is 9.29. The molecule has 3 aromatic heterocycles. The molecule has 1 atom stereocenters. The van der Waals surface area contributed by atoms with Crippen LogP contribution in [0.4, 0.5) is 4.39 Å². The van der Waals surface area contributed by atoms with Crippen LogP contribution < -0.4 is 5.32 Å². The molecule has 0 saturated heterocycles. The Balaban J connectivity index is 1.64. The molecule has 7 nitrogen and oxygen atoms in total. The average molecular weight is 378 g/mol. The molecule has 0 aliphatic carbocycles. The summed E-state index contributed by atoms with van der Waals surface area (Å²) in [7, 11) is 1.86. The number of rotatable bonds is 4. The first kappa shape index (κ1) is 17.8. The van der Waals surface area contributed by atoms with Crippen molar-refractivity contribution in [1.82, 2.24) is 29.7 Å². The number of fused-ring (bicyclic) bond motifs is 1. The largest absolute Gasteiger partial charge is 0.344 e. The van der Waals surface area contributed by atoms with Crippen molar-refractivity contribution < 1.29 is 9.18 Å². The van der Waals surface area contributed by atoms with Gasteiger partial charge < -0.3 is 5.32 Å². The van der Waals surface area contributed by atoms with Crippen LogP contribution in [0.25, 0.3) is 16.9 Å². The van der Waals surface area contributed by atoms with Crippen LogP contribution in [0.2, 0.25) is 0 Å². The lowest BCUT2D eigenvalue weighted by molar-refractivity contribution is 0.0934. The fourth-order valence-corrected chi connectivity index (χ4v) is 3.13. The van der Waals surface area contributed by atoms with Crippen LogP contribution in [0.3, 0.4) is 0 Å². The Labute approximate surface area is 160 Å². The van der Waals surface area contributed by atoms with E-state index < -0.39 is 0 Å². The van der Waals surface area contributed by atoms with Gasteiger partial charge in [-0.3, -0.25) is 9.48 Å². The SMILES string of the molecule is Cc1c(C(C)NC(=O)c2cc3nccc(-c4ccc(F)cc4)n3n2)cnn1C. The second kappa shape index (κ2) is 6.88. The number of amides is 1. The van der Waals surface area contributed by atoms with Crippen LogP contribution in [-0.2, 0) is 7.05 Å². The van der Waals surface area contributed by atoms with E-state index in [0.29, 0.717) is 5.65 Å². The van der Waals surface area contributed by atoms with Gasteiger partial charge in [0.25, 0.3) is 5.91 Å². The standard InChI is InChI=1S/C20H19FN6O/c1-12(16-11-23-26(3)13(16)2)24-20(28)17-10-19-22-9-8-18(27(19)25-17)14-4-6-15(21)7-5-14/h4-12H,1-3H3,(H,24,28). The third kappa shape index (κ3) is 3.13. The molecular weight excluding hydrogens is 359 g/mol. The van der Waals surface area contributed by atoms with Crippen molar-refractivity contribution >= 4 is 11.6 Å². The number of halogens is 1. The van der Waals surface area contributed by atoms with Gasteiger partial charge in [0.1, 0.15) is 5.82 Å². The molecule has 8 heteroatoms. The van der Waals surface area contributed by atoms with Crippen molar-refractivity contribution in [3.63, 3.8) is 0 Å². The number of carbonyl (C=O) groups excluding carboxylic acids is 1. The van der Waals surface area contributed by atoms with E-state index in [1.807, 2.05) is 20.9 Å². The summed E-state index contributed by atoms with van der Waals surface area (Å²) >= 11 is 0. The topological polar surface area (TPSA) is 77.1 Å². The Bertz CT molecular complexity index is 1160. The second-order valence-electron chi connectivity index (χ2n) is 6.64. The highest BCUT2D eigenvalue weighted by Gasteiger charge is 2.19. The number of hydrogen-bond acceptors (Lipinski definition) is 4. The molecule has 0 aliphatic heterocycles. The fourth-order valence-electron chi connectivity index (χ4n) is 3.13. The molecule has 0 bridgehead atoms. The number of benzene rings is 1. The maximum absolute atomic E-state index is 13.2. The van der Waals surface area contributed by atoms with Gasteiger partial charge in [-0.1, -0.05) is 0 Å². The fraction of sp³-hybridized carbons (Fsp3) is 0.200. The minimum absolute atomic E-state index is 0.212. The van der Waals surface area contributed by atoms with E-state index in [2.05, 4.69) is 20.5 Å². The predicted octanol–water partition coefficient (Wildman–Crippen LogP) is 3.07. The zero-order valence-electron chi connectivity index (χ0n) is 15.7. The summed E-state index contributed by atoms with van der Waals surface area (Å²) in [6.45, 7) is 3.86. The first-order chi connectivity index (χ1) is 13.4. The number of nitrogens with one attached hydrogen (secondary N) is 1. The third-order valence-electron chi connectivity index (χ3n) is 4.82. The molecular formula is C20H19FN6O. The lowest BCUT2D eigenvalue weighted by atomic mass is 10.1. The van der Waals surface area contributed by atoms with E-state index in [4.69, 9.17) is 0 Å². The van der Waals surface area contributed by atoms with Gasteiger partial charge in [0.05, 0.1) is 17.9 Å². The lowest BCUT2D eigenvalue weighted by Gasteiger charge is -2.12. The number of nitrogens with zero attached hydrogens (tertiary/aromatic N) is 5. The van der Waals surface area contributed by atoms with Crippen molar-refractivity contribution in [3.8, 4) is 11.3 Å². The van der Waals surface area contributed by atoms with Gasteiger partial charge in [-0.25, -0.2) is 13.9 Å². The third-order valence-corrected chi connectivity index (χ3v) is 4.82. The van der Waals surface area contributed by atoms with Crippen molar-refractivity contribution in [3.05, 3.63) is 71.6 Å². The molecule has 142 valence electrons. The van der Waals surface area contributed by atoms with E-state index in [1.165, 1.54) is 12.1 Å². The molecule has 3 heterocycles. The number of carbonyl (C=O) groups is 1. The van der Waals surface area contributed by atoms with E-state index in [1.54, 1.807) is 45.9 Å². The molecule has 1 unspecified atom stereocenters. The van der Waals surface area contributed by atoms with Crippen LogP contribution >= 0.6 is 0 Å². The molecule has 0 saturated carbocycles. The zero-order chi connectivity index (χ0) is 19.8. The summed E-state index contributed by atoms with van der Waals surface area (Å²) in [5, 5.41) is 11.6. The monoisotopic (exact) mass is 378 g/mol. The lowest BCUT2D eigenvalue weighted by Crippen LogP contribution is -2.27. The first-order valence-electron chi connectivity index (χ1n) is 8.84. The zero-order valence-corrected chi connectivity index (χ0v) is 15.7. The van der Waals surface area contributed by atoms with Gasteiger partial charge in [0, 0.05) is 36.1 Å². The Morgan fingerprint density at radius 3 is 2.64 bits per heavy atom. The quantitative estimate of drug-likeness (QED) is 0.592. The molecule has 0 fully saturated rings. The van der Waals surface area contributed by atoms with Gasteiger partial charge in [-0.15, -0.1) is 0 Å². The van der Waals surface area contributed by atoms with Gasteiger partial charge in [0.2, 0.25) is 0 Å². The maximum Gasteiger partial charge on any atom is 0.272 e. The summed E-state index contributed by atoms with van der Waals surface area (Å²) in [5.41, 5.74) is 4.24. The number of aromatic nitrogens is 5. The summed E-state index contributed by atoms with van der Waals surface area (Å²) in [5.74, 6) is -0.611. The van der Waals surface area contributed by atoms with Crippen LogP contribution in [0, 0.1) is 12.7 Å².